The van der Waals surface area contributed by atoms with Crippen molar-refractivity contribution in [3.63, 3.8) is 0 Å². The zero-order chi connectivity index (χ0) is 33.4. The maximum Gasteiger partial charge on any atom is 0.416 e. The Morgan fingerprint density at radius 1 is 1.11 bits per heavy atom. The molecule has 240 valence electrons. The van der Waals surface area contributed by atoms with Crippen LogP contribution in [0.3, 0.4) is 0 Å². The van der Waals surface area contributed by atoms with Crippen LogP contribution in [0.4, 0.5) is 23.2 Å². The normalized spacial score (nSPS) is 13.3. The zero-order valence-electron chi connectivity index (χ0n) is 25.3. The number of alkyl halides is 3. The van der Waals surface area contributed by atoms with E-state index < -0.39 is 29.6 Å². The van der Waals surface area contributed by atoms with Crippen molar-refractivity contribution in [3.8, 4) is 6.07 Å². The Labute approximate surface area is 270 Å². The van der Waals surface area contributed by atoms with Gasteiger partial charge in [0, 0.05) is 37.1 Å². The van der Waals surface area contributed by atoms with E-state index in [-0.39, 0.29) is 35.3 Å². The van der Waals surface area contributed by atoms with Crippen LogP contribution in [-0.2, 0) is 30.5 Å². The van der Waals surface area contributed by atoms with Crippen molar-refractivity contribution in [1.29, 1.82) is 5.26 Å². The lowest BCUT2D eigenvalue weighted by atomic mass is 9.83. The highest BCUT2D eigenvalue weighted by Crippen LogP contribution is 2.31. The summed E-state index contributed by atoms with van der Waals surface area (Å²) in [5.74, 6) is -1.70. The number of nitrogens with one attached hydrogen (secondary N) is 1. The third-order valence-corrected chi connectivity index (χ3v) is 8.23. The first-order valence-corrected chi connectivity index (χ1v) is 15.1. The molecule has 12 heteroatoms. The topological polar surface area (TPSA) is 100.0 Å². The minimum Gasteiger partial charge on any atom is -0.332 e. The van der Waals surface area contributed by atoms with E-state index >= 15 is 0 Å². The Morgan fingerprint density at radius 3 is 2.48 bits per heavy atom. The van der Waals surface area contributed by atoms with Crippen LogP contribution in [0.25, 0.3) is 0 Å². The number of hydrogen-bond donors (Lipinski definition) is 2. The third-order valence-electron chi connectivity index (χ3n) is 7.89. The van der Waals surface area contributed by atoms with Gasteiger partial charge < -0.3 is 20.5 Å². The standard InChI is InChI=1S/C34H34F4N6OS/c1-3-22(2)31(30(45)16-29-18-41-21-43(29)19-24-12-10-23(17-39)11-13-24)32(40)44(33(46)42-28-9-5-8-27(35)15-28)20-25-6-4-7-26(14-25)34(36,37)38/h4-15,18,21-22,31-32H,3,16,19-20,40H2,1-2H3,(H,42,46)/t22-,31+,32?/m0/s1. The van der Waals surface area contributed by atoms with Gasteiger partial charge in [-0.2, -0.15) is 18.4 Å². The maximum absolute atomic E-state index is 14.1. The van der Waals surface area contributed by atoms with Gasteiger partial charge in [-0.25, -0.2) is 9.37 Å². The number of carbonyl (C=O) groups is 1. The number of Topliss-reactive ketones (excluding diaryl/α,β-unsaturated/α-hetero) is 1. The van der Waals surface area contributed by atoms with Crippen molar-refractivity contribution in [2.75, 3.05) is 5.32 Å². The van der Waals surface area contributed by atoms with Crippen molar-refractivity contribution in [2.45, 2.75) is 52.1 Å². The highest BCUT2D eigenvalue weighted by molar-refractivity contribution is 7.80. The summed E-state index contributed by atoms with van der Waals surface area (Å²) < 4.78 is 56.4. The van der Waals surface area contributed by atoms with Crippen molar-refractivity contribution in [2.24, 2.45) is 17.6 Å². The Balaban J connectivity index is 1.63. The molecule has 1 heterocycles. The minimum atomic E-state index is -4.56. The molecule has 0 aliphatic carbocycles. The van der Waals surface area contributed by atoms with Gasteiger partial charge in [-0.3, -0.25) is 4.79 Å². The first-order chi connectivity index (χ1) is 21.9. The van der Waals surface area contributed by atoms with Gasteiger partial charge in [0.15, 0.2) is 5.11 Å². The quantitative estimate of drug-likeness (QED) is 0.0976. The van der Waals surface area contributed by atoms with Gasteiger partial charge in [-0.1, -0.05) is 50.6 Å². The Hall–Kier alpha value is -4.60. The molecule has 0 spiro atoms. The van der Waals surface area contributed by atoms with Gasteiger partial charge in [0.05, 0.1) is 35.6 Å². The molecule has 4 rings (SSSR count). The van der Waals surface area contributed by atoms with Gasteiger partial charge in [0.2, 0.25) is 0 Å². The molecule has 46 heavy (non-hydrogen) atoms. The maximum atomic E-state index is 14.1. The number of nitriles is 1. The summed E-state index contributed by atoms with van der Waals surface area (Å²) >= 11 is 5.68. The fraction of sp³-hybridized carbons (Fsp3) is 0.294. The number of carbonyl (C=O) groups excluding carboxylic acids is 1. The number of nitrogens with two attached hydrogens (primary N) is 1. The Morgan fingerprint density at radius 2 is 1.83 bits per heavy atom. The van der Waals surface area contributed by atoms with E-state index in [2.05, 4.69) is 16.4 Å². The largest absolute Gasteiger partial charge is 0.416 e. The number of halogens is 4. The van der Waals surface area contributed by atoms with Crippen LogP contribution >= 0.6 is 12.2 Å². The molecule has 4 aromatic rings. The highest BCUT2D eigenvalue weighted by Gasteiger charge is 2.36. The highest BCUT2D eigenvalue weighted by atomic mass is 32.1. The predicted molar refractivity (Wildman–Crippen MR) is 172 cm³/mol. The molecule has 7 nitrogen and oxygen atoms in total. The zero-order valence-corrected chi connectivity index (χ0v) is 26.2. The second kappa shape index (κ2) is 15.1. The predicted octanol–water partition coefficient (Wildman–Crippen LogP) is 6.92. The smallest absolute Gasteiger partial charge is 0.332 e. The number of nitrogens with zero attached hydrogens (tertiary/aromatic N) is 4. The molecule has 0 aliphatic rings. The molecule has 0 radical (unpaired) electrons. The molecule has 0 amide bonds. The van der Waals surface area contributed by atoms with Crippen molar-refractivity contribution in [1.82, 2.24) is 14.5 Å². The number of rotatable bonds is 12. The fourth-order valence-electron chi connectivity index (χ4n) is 5.22. The lowest BCUT2D eigenvalue weighted by molar-refractivity contribution is -0.137. The van der Waals surface area contributed by atoms with Crippen molar-refractivity contribution >= 4 is 28.8 Å². The lowest BCUT2D eigenvalue weighted by Gasteiger charge is -2.38. The fourth-order valence-corrected chi connectivity index (χ4v) is 5.53. The molecular weight excluding hydrogens is 616 g/mol. The second-order valence-electron chi connectivity index (χ2n) is 11.1. The van der Waals surface area contributed by atoms with Gasteiger partial charge in [-0.15, -0.1) is 0 Å². The minimum absolute atomic E-state index is 0.000468. The lowest BCUT2D eigenvalue weighted by Crippen LogP contribution is -2.55. The van der Waals surface area contributed by atoms with E-state index in [0.29, 0.717) is 29.9 Å². The molecular formula is C34H34F4N6OS. The summed E-state index contributed by atoms with van der Waals surface area (Å²) in [6, 6.07) is 19.6. The molecule has 1 aromatic heterocycles. The van der Waals surface area contributed by atoms with Crippen LogP contribution in [-0.4, -0.2) is 31.5 Å². The third kappa shape index (κ3) is 8.77. The SMILES string of the molecule is CC[C@H](C)[C@H](C(=O)Cc1cncn1Cc1ccc(C#N)cc1)C(N)N(Cc1cccc(C(F)(F)F)c1)C(=S)Nc1cccc(F)c1. The molecule has 1 unspecified atom stereocenters. The van der Waals surface area contributed by atoms with E-state index in [1.807, 2.05) is 30.5 Å². The molecule has 3 N–H and O–H groups in total. The van der Waals surface area contributed by atoms with Crippen LogP contribution in [0.1, 0.15) is 48.2 Å². The summed E-state index contributed by atoms with van der Waals surface area (Å²) in [4.78, 5) is 19.8. The number of anilines is 1. The first kappa shape index (κ1) is 34.3. The van der Waals surface area contributed by atoms with Gasteiger partial charge in [0.25, 0.3) is 0 Å². The number of aromatic nitrogens is 2. The molecule has 0 aliphatic heterocycles. The molecule has 0 saturated carbocycles. The second-order valence-corrected chi connectivity index (χ2v) is 11.5. The number of hydrogen-bond acceptors (Lipinski definition) is 5. The molecule has 0 saturated heterocycles. The molecule has 3 atom stereocenters. The summed E-state index contributed by atoms with van der Waals surface area (Å²) in [6.45, 7) is 4.11. The van der Waals surface area contributed by atoms with Gasteiger partial charge in [0.1, 0.15) is 11.6 Å². The van der Waals surface area contributed by atoms with Crippen LogP contribution in [0.15, 0.2) is 85.3 Å². The van der Waals surface area contributed by atoms with Crippen LogP contribution < -0.4 is 11.1 Å². The first-order valence-electron chi connectivity index (χ1n) is 14.6. The number of ketones is 1. The van der Waals surface area contributed by atoms with E-state index in [0.717, 1.165) is 17.7 Å². The monoisotopic (exact) mass is 650 g/mol. The van der Waals surface area contributed by atoms with Crippen molar-refractivity contribution in [3.05, 3.63) is 119 Å². The Kier molecular flexibility index (Phi) is 11.3. The van der Waals surface area contributed by atoms with E-state index in [1.54, 1.807) is 30.7 Å². The number of imidazole rings is 1. The van der Waals surface area contributed by atoms with Crippen LogP contribution in [0, 0.1) is 29.0 Å². The van der Waals surface area contributed by atoms with E-state index in [4.69, 9.17) is 23.2 Å². The molecule has 0 fully saturated rings. The Bertz CT molecular complexity index is 1700. The van der Waals surface area contributed by atoms with Gasteiger partial charge >= 0.3 is 6.18 Å². The van der Waals surface area contributed by atoms with E-state index in [1.165, 1.54) is 35.2 Å². The van der Waals surface area contributed by atoms with Gasteiger partial charge in [-0.05, 0) is 71.7 Å². The molecule has 0 bridgehead atoms. The average molecular weight is 651 g/mol. The average Bonchev–Trinajstić information content (AvgIpc) is 3.45. The summed E-state index contributed by atoms with van der Waals surface area (Å²) in [6.07, 6.45) is -1.77. The van der Waals surface area contributed by atoms with Crippen molar-refractivity contribution < 1.29 is 22.4 Å². The molecule has 3 aromatic carbocycles. The number of benzene rings is 3. The van der Waals surface area contributed by atoms with Crippen LogP contribution in [0.5, 0.6) is 0 Å². The van der Waals surface area contributed by atoms with E-state index in [9.17, 15) is 22.4 Å². The summed E-state index contributed by atoms with van der Waals surface area (Å²) in [5.41, 5.74) is 8.73. The van der Waals surface area contributed by atoms with Crippen LogP contribution in [0.2, 0.25) is 0 Å². The number of thiocarbonyl (C=S) groups is 1. The summed E-state index contributed by atoms with van der Waals surface area (Å²) in [7, 11) is 0. The summed E-state index contributed by atoms with van der Waals surface area (Å²) in [5, 5.41) is 12.1.